The van der Waals surface area contributed by atoms with Gasteiger partial charge in [0.25, 0.3) is 11.8 Å². The van der Waals surface area contributed by atoms with E-state index in [0.717, 1.165) is 25.0 Å². The summed E-state index contributed by atoms with van der Waals surface area (Å²) in [6.07, 6.45) is 0.753. The van der Waals surface area contributed by atoms with E-state index in [4.69, 9.17) is 4.42 Å². The third-order valence-electron chi connectivity index (χ3n) is 5.80. The molecule has 10 heteroatoms. The smallest absolute Gasteiger partial charge is 0.416 e. The van der Waals surface area contributed by atoms with E-state index in [1.807, 2.05) is 13.8 Å². The van der Waals surface area contributed by atoms with Gasteiger partial charge in [-0.1, -0.05) is 32.0 Å². The van der Waals surface area contributed by atoms with Crippen molar-refractivity contribution in [2.75, 3.05) is 26.2 Å². The average Bonchev–Trinajstić information content (AvgIpc) is 3.45. The van der Waals surface area contributed by atoms with Crippen LogP contribution in [0.3, 0.4) is 0 Å². The number of carbonyl (C=O) groups excluding carboxylic acids is 2. The lowest BCUT2D eigenvalue weighted by molar-refractivity contribution is -0.137. The normalized spacial score (nSPS) is 11.4. The van der Waals surface area contributed by atoms with E-state index in [0.29, 0.717) is 60.7 Å². The number of halogens is 3. The number of carbonyl (C=O) groups is 2. The number of oxazole rings is 1. The second-order valence-corrected chi connectivity index (χ2v) is 8.91. The number of aromatic nitrogens is 1. The van der Waals surface area contributed by atoms with E-state index in [9.17, 15) is 22.8 Å². The summed E-state index contributed by atoms with van der Waals surface area (Å²) in [5.74, 6) is -0.192. The first kappa shape index (κ1) is 28.9. The summed E-state index contributed by atoms with van der Waals surface area (Å²) in [7, 11) is 0. The molecule has 0 spiro atoms. The van der Waals surface area contributed by atoms with Gasteiger partial charge in [0.2, 0.25) is 5.89 Å². The lowest BCUT2D eigenvalue weighted by Crippen LogP contribution is -2.33. The summed E-state index contributed by atoms with van der Waals surface area (Å²) in [6.45, 7) is 6.38. The van der Waals surface area contributed by atoms with Crippen LogP contribution in [0.5, 0.6) is 0 Å². The van der Waals surface area contributed by atoms with E-state index in [1.54, 1.807) is 29.2 Å². The molecule has 0 aliphatic heterocycles. The zero-order chi connectivity index (χ0) is 27.5. The fourth-order valence-electron chi connectivity index (χ4n) is 4.02. The monoisotopic (exact) mass is 530 g/mol. The van der Waals surface area contributed by atoms with Gasteiger partial charge in [-0.05, 0) is 55.6 Å². The molecule has 0 aliphatic carbocycles. The van der Waals surface area contributed by atoms with Gasteiger partial charge in [0.05, 0.1) is 11.8 Å². The van der Waals surface area contributed by atoms with Gasteiger partial charge in [-0.15, -0.1) is 0 Å². The SMILES string of the molecule is CCCN(CCC)C(=O)c1cc(C(=O)NCCCNCc2cccc(C(F)(F)F)c2)cc(-c2ncco2)c1. The standard InChI is InChI=1S/C28H33F3N4O3/c1-3-12-35(13-4-2)27(37)23-17-21(16-22(18-23)26-34-11-14-38-26)25(36)33-10-6-9-32-19-20-7-5-8-24(15-20)28(29,30)31/h5,7-8,11,14-18,32H,3-4,6,9-10,12-13,19H2,1-2H3,(H,33,36). The maximum absolute atomic E-state index is 13.2. The maximum Gasteiger partial charge on any atom is 0.416 e. The van der Waals surface area contributed by atoms with Crippen molar-refractivity contribution in [3.05, 3.63) is 77.2 Å². The number of nitrogens with one attached hydrogen (secondary N) is 2. The Kier molecular flexibility index (Phi) is 10.5. The van der Waals surface area contributed by atoms with Gasteiger partial charge >= 0.3 is 6.18 Å². The van der Waals surface area contributed by atoms with Gasteiger partial charge in [0.15, 0.2) is 0 Å². The van der Waals surface area contributed by atoms with Gasteiger partial charge in [0, 0.05) is 42.9 Å². The summed E-state index contributed by atoms with van der Waals surface area (Å²) >= 11 is 0. The first-order valence-corrected chi connectivity index (χ1v) is 12.7. The zero-order valence-corrected chi connectivity index (χ0v) is 21.6. The molecule has 1 aromatic heterocycles. The number of benzene rings is 2. The molecule has 1 heterocycles. The maximum atomic E-state index is 13.2. The summed E-state index contributed by atoms with van der Waals surface area (Å²) in [4.78, 5) is 32.1. The molecule has 2 N–H and O–H groups in total. The number of hydrogen-bond acceptors (Lipinski definition) is 5. The van der Waals surface area contributed by atoms with E-state index in [2.05, 4.69) is 15.6 Å². The molecule has 0 radical (unpaired) electrons. The number of rotatable bonds is 13. The molecule has 0 saturated carbocycles. The number of nitrogens with zero attached hydrogens (tertiary/aromatic N) is 2. The fourth-order valence-corrected chi connectivity index (χ4v) is 4.02. The van der Waals surface area contributed by atoms with E-state index in [-0.39, 0.29) is 18.4 Å². The van der Waals surface area contributed by atoms with Gasteiger partial charge < -0.3 is 20.0 Å². The molecule has 38 heavy (non-hydrogen) atoms. The largest absolute Gasteiger partial charge is 0.445 e. The third-order valence-corrected chi connectivity index (χ3v) is 5.80. The molecule has 2 amide bonds. The predicted molar refractivity (Wildman–Crippen MR) is 139 cm³/mol. The zero-order valence-electron chi connectivity index (χ0n) is 21.6. The molecule has 0 unspecified atom stereocenters. The Morgan fingerprint density at radius 1 is 1.00 bits per heavy atom. The van der Waals surface area contributed by atoms with Crippen LogP contribution >= 0.6 is 0 Å². The number of amides is 2. The molecule has 3 rings (SSSR count). The predicted octanol–water partition coefficient (Wildman–Crippen LogP) is 5.53. The van der Waals surface area contributed by atoms with E-state index >= 15 is 0 Å². The molecule has 0 atom stereocenters. The van der Waals surface area contributed by atoms with Gasteiger partial charge in [-0.2, -0.15) is 13.2 Å². The van der Waals surface area contributed by atoms with Gasteiger partial charge in [-0.3, -0.25) is 9.59 Å². The Bertz CT molecular complexity index is 1190. The summed E-state index contributed by atoms with van der Waals surface area (Å²) in [5.41, 5.74) is 1.08. The minimum Gasteiger partial charge on any atom is -0.445 e. The van der Waals surface area contributed by atoms with Crippen molar-refractivity contribution in [2.24, 2.45) is 0 Å². The van der Waals surface area contributed by atoms with Crippen molar-refractivity contribution < 1.29 is 27.2 Å². The van der Waals surface area contributed by atoms with Crippen LogP contribution < -0.4 is 10.6 Å². The van der Waals surface area contributed by atoms with Crippen molar-refractivity contribution in [3.63, 3.8) is 0 Å². The Balaban J connectivity index is 1.60. The minimum absolute atomic E-state index is 0.157. The van der Waals surface area contributed by atoms with Crippen LogP contribution in [-0.2, 0) is 12.7 Å². The molecule has 0 saturated heterocycles. The second-order valence-electron chi connectivity index (χ2n) is 8.91. The average molecular weight is 531 g/mol. The molecule has 0 bridgehead atoms. The fraction of sp³-hybridized carbons (Fsp3) is 0.393. The van der Waals surface area contributed by atoms with Crippen molar-refractivity contribution >= 4 is 11.8 Å². The first-order valence-electron chi connectivity index (χ1n) is 12.7. The van der Waals surface area contributed by atoms with Crippen LogP contribution in [0.2, 0.25) is 0 Å². The van der Waals surface area contributed by atoms with Crippen LogP contribution in [0.25, 0.3) is 11.5 Å². The van der Waals surface area contributed by atoms with Crippen molar-refractivity contribution in [2.45, 2.75) is 45.8 Å². The van der Waals surface area contributed by atoms with Crippen molar-refractivity contribution in [3.8, 4) is 11.5 Å². The second kappa shape index (κ2) is 13.8. The van der Waals surface area contributed by atoms with Crippen LogP contribution in [0.4, 0.5) is 13.2 Å². The highest BCUT2D eigenvalue weighted by Crippen LogP contribution is 2.29. The highest BCUT2D eigenvalue weighted by atomic mass is 19.4. The Morgan fingerprint density at radius 2 is 1.74 bits per heavy atom. The lowest BCUT2D eigenvalue weighted by atomic mass is 10.0. The van der Waals surface area contributed by atoms with Crippen molar-refractivity contribution in [1.82, 2.24) is 20.5 Å². The van der Waals surface area contributed by atoms with Crippen LogP contribution in [0.1, 0.15) is 65.0 Å². The Labute approximate surface area is 220 Å². The summed E-state index contributed by atoms with van der Waals surface area (Å²) in [5, 5.41) is 5.93. The molecular formula is C28H33F3N4O3. The van der Waals surface area contributed by atoms with E-state index in [1.165, 1.54) is 18.5 Å². The van der Waals surface area contributed by atoms with Gasteiger partial charge in [-0.25, -0.2) is 4.98 Å². The topological polar surface area (TPSA) is 87.5 Å². The molecule has 0 fully saturated rings. The molecule has 0 aliphatic rings. The molecule has 3 aromatic rings. The third kappa shape index (κ3) is 8.17. The first-order chi connectivity index (χ1) is 18.2. The van der Waals surface area contributed by atoms with Crippen LogP contribution in [0.15, 0.2) is 59.3 Å². The Morgan fingerprint density at radius 3 is 2.39 bits per heavy atom. The number of hydrogen-bond donors (Lipinski definition) is 2. The highest BCUT2D eigenvalue weighted by Gasteiger charge is 2.30. The molecular weight excluding hydrogens is 497 g/mol. The quantitative estimate of drug-likeness (QED) is 0.284. The Hall–Kier alpha value is -3.66. The van der Waals surface area contributed by atoms with Crippen molar-refractivity contribution in [1.29, 1.82) is 0 Å². The van der Waals surface area contributed by atoms with Crippen LogP contribution in [-0.4, -0.2) is 47.9 Å². The molecule has 2 aromatic carbocycles. The molecule has 7 nitrogen and oxygen atoms in total. The summed E-state index contributed by atoms with van der Waals surface area (Å²) in [6, 6.07) is 10.1. The van der Waals surface area contributed by atoms with Gasteiger partial charge in [0.1, 0.15) is 6.26 Å². The number of alkyl halides is 3. The lowest BCUT2D eigenvalue weighted by Gasteiger charge is -2.22. The van der Waals surface area contributed by atoms with E-state index < -0.39 is 11.7 Å². The van der Waals surface area contributed by atoms with Crippen LogP contribution in [0, 0.1) is 0 Å². The minimum atomic E-state index is -4.38. The molecule has 204 valence electrons. The summed E-state index contributed by atoms with van der Waals surface area (Å²) < 4.78 is 44.0. The highest BCUT2D eigenvalue weighted by molar-refractivity contribution is 6.01.